The third kappa shape index (κ3) is 3.71. The highest BCUT2D eigenvalue weighted by molar-refractivity contribution is 5.96. The second-order valence-electron chi connectivity index (χ2n) is 7.09. The Morgan fingerprint density at radius 3 is 2.63 bits per heavy atom. The third-order valence-electron chi connectivity index (χ3n) is 5.20. The Labute approximate surface area is 173 Å². The van der Waals surface area contributed by atoms with Gasteiger partial charge in [0, 0.05) is 32.5 Å². The van der Waals surface area contributed by atoms with Gasteiger partial charge >= 0.3 is 0 Å². The van der Waals surface area contributed by atoms with Gasteiger partial charge in [-0.1, -0.05) is 30.3 Å². The minimum atomic E-state index is -0.410. The van der Waals surface area contributed by atoms with Gasteiger partial charge in [-0.05, 0) is 35.2 Å². The Morgan fingerprint density at radius 1 is 1.13 bits per heavy atom. The molecule has 0 radical (unpaired) electrons. The van der Waals surface area contributed by atoms with Gasteiger partial charge in [-0.2, -0.15) is 5.10 Å². The zero-order valence-corrected chi connectivity index (χ0v) is 16.5. The highest BCUT2D eigenvalue weighted by Crippen LogP contribution is 2.22. The molecule has 3 heterocycles. The van der Waals surface area contributed by atoms with Crippen molar-refractivity contribution in [3.05, 3.63) is 93.2 Å². The summed E-state index contributed by atoms with van der Waals surface area (Å²) in [7, 11) is 1.51. The maximum atomic E-state index is 13.1. The monoisotopic (exact) mass is 403 g/mol. The molecule has 0 unspecified atom stereocenters. The number of carbonyl (C=O) groups is 2. The minimum Gasteiger partial charge on any atom is -0.355 e. The van der Waals surface area contributed by atoms with Crippen molar-refractivity contribution in [3.63, 3.8) is 0 Å². The van der Waals surface area contributed by atoms with Gasteiger partial charge in [-0.25, -0.2) is 0 Å². The number of benzene rings is 1. The highest BCUT2D eigenvalue weighted by atomic mass is 16.2. The molecule has 2 amide bonds. The summed E-state index contributed by atoms with van der Waals surface area (Å²) in [5.74, 6) is -0.636. The summed E-state index contributed by atoms with van der Waals surface area (Å²) in [4.78, 5) is 40.1. The number of carbonyl (C=O) groups excluding carboxylic acids is 2. The van der Waals surface area contributed by atoms with Gasteiger partial charge < -0.3 is 14.8 Å². The summed E-state index contributed by atoms with van der Waals surface area (Å²) in [5.41, 5.74) is 2.53. The number of fused-ring (bicyclic) bond motifs is 1. The van der Waals surface area contributed by atoms with Crippen LogP contribution in [0.3, 0.4) is 0 Å². The number of nitrogens with one attached hydrogen (secondary N) is 1. The normalized spacial score (nSPS) is 12.9. The van der Waals surface area contributed by atoms with Crippen LogP contribution < -0.4 is 10.9 Å². The van der Waals surface area contributed by atoms with Gasteiger partial charge in [0.05, 0.1) is 6.54 Å². The van der Waals surface area contributed by atoms with Crippen LogP contribution in [-0.4, -0.2) is 45.1 Å². The van der Waals surface area contributed by atoms with E-state index in [4.69, 9.17) is 0 Å². The van der Waals surface area contributed by atoms with E-state index in [1.54, 1.807) is 23.2 Å². The SMILES string of the molecule is CNC(=O)c1c2c(cn(Cc3ccccc3)c1=O)CN(C(=O)c1cccnn1)CC2. The van der Waals surface area contributed by atoms with Crippen LogP contribution in [0.1, 0.15) is 37.5 Å². The molecule has 0 saturated carbocycles. The number of rotatable bonds is 4. The predicted molar refractivity (Wildman–Crippen MR) is 110 cm³/mol. The van der Waals surface area contributed by atoms with Crippen LogP contribution in [0.4, 0.5) is 0 Å². The standard InChI is InChI=1S/C22H21N5O3/c1-23-20(28)19-17-9-11-26(21(29)18-8-5-10-24-25-18)13-16(17)14-27(22(19)30)12-15-6-3-2-4-7-15/h2-8,10,14H,9,11-13H2,1H3,(H,23,28). The summed E-state index contributed by atoms with van der Waals surface area (Å²) in [5, 5.41) is 10.2. The summed E-state index contributed by atoms with van der Waals surface area (Å²) < 4.78 is 1.54. The van der Waals surface area contributed by atoms with Crippen molar-refractivity contribution in [3.8, 4) is 0 Å². The molecule has 30 heavy (non-hydrogen) atoms. The lowest BCUT2D eigenvalue weighted by atomic mass is 9.95. The van der Waals surface area contributed by atoms with Crippen molar-refractivity contribution in [1.82, 2.24) is 25.0 Å². The summed E-state index contributed by atoms with van der Waals surface area (Å²) in [6.07, 6.45) is 3.69. The van der Waals surface area contributed by atoms with Crippen molar-refractivity contribution in [1.29, 1.82) is 0 Å². The molecule has 8 heteroatoms. The molecule has 1 aromatic carbocycles. The van der Waals surface area contributed by atoms with Gasteiger partial charge in [0.2, 0.25) is 0 Å². The Kier molecular flexibility index (Phi) is 5.38. The largest absolute Gasteiger partial charge is 0.355 e. The molecule has 1 aliphatic heterocycles. The number of hydrogen-bond acceptors (Lipinski definition) is 5. The maximum Gasteiger partial charge on any atom is 0.274 e. The van der Waals surface area contributed by atoms with Crippen LogP contribution in [0, 0.1) is 0 Å². The first-order chi connectivity index (χ1) is 14.6. The van der Waals surface area contributed by atoms with Gasteiger partial charge in [-0.15, -0.1) is 5.10 Å². The molecule has 1 N–H and O–H groups in total. The molecule has 8 nitrogen and oxygen atoms in total. The first-order valence-corrected chi connectivity index (χ1v) is 9.66. The van der Waals surface area contributed by atoms with Crippen molar-refractivity contribution in [2.45, 2.75) is 19.5 Å². The zero-order chi connectivity index (χ0) is 21.1. The fraction of sp³-hybridized carbons (Fsp3) is 0.227. The average molecular weight is 403 g/mol. The maximum absolute atomic E-state index is 13.1. The van der Waals surface area contributed by atoms with Crippen LogP contribution in [0.5, 0.6) is 0 Å². The topological polar surface area (TPSA) is 97.2 Å². The van der Waals surface area contributed by atoms with Crippen molar-refractivity contribution in [2.75, 3.05) is 13.6 Å². The average Bonchev–Trinajstić information content (AvgIpc) is 2.79. The van der Waals surface area contributed by atoms with E-state index < -0.39 is 5.91 Å². The van der Waals surface area contributed by atoms with Gasteiger partial charge in [0.15, 0.2) is 5.69 Å². The van der Waals surface area contributed by atoms with Crippen LogP contribution in [0.2, 0.25) is 0 Å². The second-order valence-corrected chi connectivity index (χ2v) is 7.09. The van der Waals surface area contributed by atoms with E-state index >= 15 is 0 Å². The lowest BCUT2D eigenvalue weighted by molar-refractivity contribution is 0.0726. The van der Waals surface area contributed by atoms with Crippen molar-refractivity contribution in [2.24, 2.45) is 0 Å². The molecule has 1 aliphatic rings. The molecule has 0 fully saturated rings. The molecule has 0 aliphatic carbocycles. The number of hydrogen-bond donors (Lipinski definition) is 1. The third-order valence-corrected chi connectivity index (χ3v) is 5.20. The first-order valence-electron chi connectivity index (χ1n) is 9.66. The zero-order valence-electron chi connectivity index (χ0n) is 16.5. The van der Waals surface area contributed by atoms with E-state index in [1.807, 2.05) is 30.3 Å². The summed E-state index contributed by atoms with van der Waals surface area (Å²) in [6.45, 7) is 1.04. The summed E-state index contributed by atoms with van der Waals surface area (Å²) >= 11 is 0. The number of aromatic nitrogens is 3. The highest BCUT2D eigenvalue weighted by Gasteiger charge is 2.28. The first kappa shape index (κ1) is 19.5. The molecule has 3 aromatic rings. The van der Waals surface area contributed by atoms with Crippen LogP contribution in [0.25, 0.3) is 0 Å². The van der Waals surface area contributed by atoms with Gasteiger partial charge in [0.25, 0.3) is 17.4 Å². The lowest BCUT2D eigenvalue weighted by Gasteiger charge is -2.30. The molecular formula is C22H21N5O3. The van der Waals surface area contributed by atoms with E-state index in [2.05, 4.69) is 15.5 Å². The molecule has 0 atom stereocenters. The number of nitrogens with zero attached hydrogens (tertiary/aromatic N) is 4. The minimum absolute atomic E-state index is 0.150. The van der Waals surface area contributed by atoms with Crippen LogP contribution >= 0.6 is 0 Å². The fourth-order valence-electron chi connectivity index (χ4n) is 3.72. The molecule has 0 bridgehead atoms. The van der Waals surface area contributed by atoms with Crippen LogP contribution in [-0.2, 0) is 19.5 Å². The molecule has 2 aromatic heterocycles. The van der Waals surface area contributed by atoms with E-state index in [9.17, 15) is 14.4 Å². The predicted octanol–water partition coefficient (Wildman–Crippen LogP) is 1.24. The Hall–Kier alpha value is -3.81. The van der Waals surface area contributed by atoms with E-state index in [1.165, 1.54) is 17.8 Å². The molecule has 0 spiro atoms. The fourth-order valence-corrected chi connectivity index (χ4v) is 3.72. The van der Waals surface area contributed by atoms with Crippen molar-refractivity contribution < 1.29 is 9.59 Å². The Balaban J connectivity index is 1.73. The number of amides is 2. The molecular weight excluding hydrogens is 382 g/mol. The van der Waals surface area contributed by atoms with E-state index in [0.29, 0.717) is 31.6 Å². The van der Waals surface area contributed by atoms with Gasteiger partial charge in [-0.3, -0.25) is 14.4 Å². The van der Waals surface area contributed by atoms with E-state index in [0.717, 1.165) is 11.1 Å². The molecule has 152 valence electrons. The lowest BCUT2D eigenvalue weighted by Crippen LogP contribution is -2.41. The summed E-state index contributed by atoms with van der Waals surface area (Å²) in [6, 6.07) is 12.9. The molecule has 0 saturated heterocycles. The Bertz CT molecular complexity index is 1140. The van der Waals surface area contributed by atoms with Crippen LogP contribution in [0.15, 0.2) is 59.7 Å². The molecule has 4 rings (SSSR count). The van der Waals surface area contributed by atoms with Gasteiger partial charge in [0.1, 0.15) is 5.56 Å². The quantitative estimate of drug-likeness (QED) is 0.707. The smallest absolute Gasteiger partial charge is 0.274 e. The number of pyridine rings is 1. The van der Waals surface area contributed by atoms with E-state index in [-0.39, 0.29) is 22.7 Å². The second kappa shape index (κ2) is 8.28. The Morgan fingerprint density at radius 2 is 1.93 bits per heavy atom. The van der Waals surface area contributed by atoms with Crippen molar-refractivity contribution >= 4 is 11.8 Å².